The van der Waals surface area contributed by atoms with Crippen LogP contribution < -0.4 is 56.7 Å². The van der Waals surface area contributed by atoms with Crippen molar-refractivity contribution in [2.24, 2.45) is 0 Å². The second-order valence-electron chi connectivity index (χ2n) is 18.5. The number of allylic oxidation sites excluding steroid dienone is 4. The van der Waals surface area contributed by atoms with Crippen LogP contribution in [0.3, 0.4) is 0 Å². The Morgan fingerprint density at radius 1 is 0.750 bits per heavy atom. The molecule has 2 heterocycles. The van der Waals surface area contributed by atoms with E-state index >= 15 is 0 Å². The average Bonchev–Trinajstić information content (AvgIpc) is 2.97. The van der Waals surface area contributed by atoms with Crippen molar-refractivity contribution in [1.82, 2.24) is 10.3 Å². The van der Waals surface area contributed by atoms with E-state index in [1.54, 1.807) is 17.3 Å². The SMILES string of the molecule is CC(C)(C)NCc1cccc(C[PH+](C(C)(C)C)C(C)(C)C)n1.CC(C)(C)[N-]C=C1C=CC=C(C[PH+](C(C)(C)C)C(C)(C)C)[N-]1.[CH-]=O.[CH-]=O.[Cl][RuH+2].[K+].[RuH+3]. The van der Waals surface area contributed by atoms with Crippen molar-refractivity contribution < 1.29 is 97.8 Å². The quantitative estimate of drug-likeness (QED) is 0.129. The number of hydrogen-bond acceptors (Lipinski definition) is 4. The fraction of sp³-hybridized carbons (Fsp3) is 0.675. The Morgan fingerprint density at radius 2 is 1.15 bits per heavy atom. The Labute approximate surface area is 393 Å². The molecule has 0 aliphatic carbocycles. The Kier molecular flexibility index (Phi) is 34.4. The number of nitrogens with zero attached hydrogens (tertiary/aromatic N) is 3. The average molecular weight is 982 g/mol. The van der Waals surface area contributed by atoms with Crippen LogP contribution in [0.4, 0.5) is 0 Å². The fourth-order valence-electron chi connectivity index (χ4n) is 5.68. The third-order valence-electron chi connectivity index (χ3n) is 7.41. The molecule has 1 N–H and O–H groups in total. The van der Waals surface area contributed by atoms with Crippen molar-refractivity contribution in [3.05, 3.63) is 76.0 Å². The minimum absolute atomic E-state index is 0. The second kappa shape index (κ2) is 28.7. The van der Waals surface area contributed by atoms with Gasteiger partial charge < -0.3 is 25.5 Å². The molecule has 1 aromatic rings. The Bertz CT molecular complexity index is 1160. The van der Waals surface area contributed by atoms with Gasteiger partial charge in [-0.3, -0.25) is 18.6 Å². The van der Waals surface area contributed by atoms with Gasteiger partial charge in [-0.15, -0.1) is 11.2 Å². The van der Waals surface area contributed by atoms with Gasteiger partial charge in [0, 0.05) is 27.9 Å². The minimum atomic E-state index is -0.594. The topological polar surface area (TPSA) is 87.3 Å². The van der Waals surface area contributed by atoms with E-state index in [0.717, 1.165) is 30.3 Å². The zero-order valence-electron chi connectivity index (χ0n) is 36.1. The molecule has 1 aliphatic rings. The van der Waals surface area contributed by atoms with Crippen LogP contribution in [-0.4, -0.2) is 56.4 Å². The molecule has 0 spiro atoms. The number of pyridine rings is 1. The molecule has 296 valence electrons. The maximum atomic E-state index is 7.75. The van der Waals surface area contributed by atoms with Gasteiger partial charge in [0.2, 0.25) is 0 Å². The van der Waals surface area contributed by atoms with E-state index in [1.165, 1.54) is 11.4 Å². The molecular weight excluding hydrogens is 907 g/mol. The van der Waals surface area contributed by atoms with Crippen molar-refractivity contribution in [2.75, 3.05) is 6.16 Å². The van der Waals surface area contributed by atoms with E-state index in [4.69, 9.17) is 19.9 Å². The van der Waals surface area contributed by atoms with Crippen molar-refractivity contribution in [3.8, 4) is 0 Å². The monoisotopic (exact) mass is 982 g/mol. The summed E-state index contributed by atoms with van der Waals surface area (Å²) in [5.41, 5.74) is 4.66. The molecule has 0 amide bonds. The maximum absolute atomic E-state index is 7.75. The normalized spacial score (nSPS) is 13.9. The van der Waals surface area contributed by atoms with E-state index in [2.05, 4.69) is 189 Å². The Hall–Kier alpha value is 1.30. The first-order valence-corrected chi connectivity index (χ1v) is 22.9. The molecule has 0 saturated carbocycles. The van der Waals surface area contributed by atoms with E-state index in [-0.39, 0.29) is 81.9 Å². The van der Waals surface area contributed by atoms with Crippen molar-refractivity contribution in [2.45, 2.75) is 169 Å². The third-order valence-corrected chi connectivity index (χ3v) is 16.1. The molecule has 1 aliphatic heterocycles. The first-order chi connectivity index (χ1) is 22.6. The number of rotatable bonds is 7. The molecule has 0 unspecified atom stereocenters. The molecule has 0 saturated heterocycles. The van der Waals surface area contributed by atoms with E-state index in [0.29, 0.717) is 20.6 Å². The van der Waals surface area contributed by atoms with Crippen molar-refractivity contribution >= 4 is 39.1 Å². The number of nitrogens with one attached hydrogen (secondary N) is 1. The van der Waals surface area contributed by atoms with Gasteiger partial charge in [-0.1, -0.05) is 45.1 Å². The van der Waals surface area contributed by atoms with Gasteiger partial charge in [-0.2, -0.15) is 11.9 Å². The van der Waals surface area contributed by atoms with Crippen molar-refractivity contribution in [1.29, 1.82) is 0 Å². The molecule has 12 heteroatoms. The summed E-state index contributed by atoms with van der Waals surface area (Å²) in [4.78, 5) is 20.4. The molecule has 2 rings (SSSR count). The first kappa shape index (κ1) is 62.5. The summed E-state index contributed by atoms with van der Waals surface area (Å²) >= 11 is 1.62. The summed E-state index contributed by atoms with van der Waals surface area (Å²) in [6.07, 6.45) is 10.5. The fourth-order valence-corrected chi connectivity index (χ4v) is 13.4. The summed E-state index contributed by atoms with van der Waals surface area (Å²) in [6, 6.07) is 6.48. The van der Waals surface area contributed by atoms with E-state index in [1.807, 2.05) is 12.3 Å². The first-order valence-electron chi connectivity index (χ1n) is 17.1. The van der Waals surface area contributed by atoms with E-state index < -0.39 is 15.8 Å². The van der Waals surface area contributed by atoms with Crippen LogP contribution in [0, 0.1) is 0 Å². The predicted octanol–water partition coefficient (Wildman–Crippen LogP) is 8.52. The molecule has 0 fully saturated rings. The van der Waals surface area contributed by atoms with Crippen LogP contribution in [-0.2, 0) is 59.1 Å². The zero-order chi connectivity index (χ0) is 40.4. The van der Waals surface area contributed by atoms with Gasteiger partial charge in [0.15, 0.2) is 0 Å². The van der Waals surface area contributed by atoms with Crippen LogP contribution in [0.1, 0.15) is 136 Å². The Morgan fingerprint density at radius 3 is 1.54 bits per heavy atom. The second-order valence-corrected chi connectivity index (χ2v) is 27.1. The predicted molar refractivity (Wildman–Crippen MR) is 229 cm³/mol. The number of carbonyl (C=O) groups excluding carboxylic acids is 2. The summed E-state index contributed by atoms with van der Waals surface area (Å²) < 4.78 is 0. The Balaban J connectivity index is -0.000000239. The van der Waals surface area contributed by atoms with Crippen LogP contribution in [0.5, 0.6) is 0 Å². The van der Waals surface area contributed by atoms with Crippen LogP contribution in [0.15, 0.2) is 54.0 Å². The standard InChI is InChI=1S/C19H35N2P.C19H33N2P.2CHO.ClH.K.2Ru.2H/c2*1-17(2,3)20-13-15-11-10-12-16(21-15)14-22(18(4,5)6)19(7,8)9;2*1-2;;;;;;/h10-12,20H,13-14H2,1-9H3;10-13H,14H2,1-9H3;2*1H;1H;;;;;/q;-2;2*-1;;+1;2*+3;;/p+1. The summed E-state index contributed by atoms with van der Waals surface area (Å²) in [6.45, 7) is 48.8. The van der Waals surface area contributed by atoms with Gasteiger partial charge >= 0.3 is 97.9 Å². The molecule has 52 heavy (non-hydrogen) atoms. The molecular formula is C40H74ClKN4O2P2Ru2+4. The van der Waals surface area contributed by atoms with Gasteiger partial charge in [0.05, 0.1) is 44.3 Å². The third kappa shape index (κ3) is 30.4. The molecule has 6 nitrogen and oxygen atoms in total. The van der Waals surface area contributed by atoms with Crippen molar-refractivity contribution in [3.63, 3.8) is 0 Å². The number of aromatic nitrogens is 1. The van der Waals surface area contributed by atoms with Gasteiger partial charge in [0.1, 0.15) is 0 Å². The summed E-state index contributed by atoms with van der Waals surface area (Å²) in [7, 11) is 3.44. The molecule has 1 aromatic heterocycles. The van der Waals surface area contributed by atoms with Crippen LogP contribution in [0.2, 0.25) is 0 Å². The number of halogens is 1. The van der Waals surface area contributed by atoms with Crippen LogP contribution in [0.25, 0.3) is 10.6 Å². The number of hydrogen-bond donors (Lipinski definition) is 1. The van der Waals surface area contributed by atoms with Gasteiger partial charge in [0.25, 0.3) is 0 Å². The molecule has 1 radical (unpaired) electrons. The molecule has 0 bridgehead atoms. The van der Waals surface area contributed by atoms with Gasteiger partial charge in [-0.05, 0) is 116 Å². The zero-order valence-corrected chi connectivity index (χ0v) is 45.7. The summed E-state index contributed by atoms with van der Waals surface area (Å²) in [5.74, 6) is 0. The molecule has 0 atom stereocenters. The van der Waals surface area contributed by atoms with Crippen LogP contribution >= 0.6 is 25.5 Å². The van der Waals surface area contributed by atoms with Gasteiger partial charge in [-0.25, -0.2) is 0 Å². The molecule has 0 aromatic carbocycles. The summed E-state index contributed by atoms with van der Waals surface area (Å²) in [5, 5.41) is 14.4. The van der Waals surface area contributed by atoms with E-state index in [9.17, 15) is 0 Å².